The average Bonchev–Trinajstić information content (AvgIpc) is 1.39. The van der Waals surface area contributed by atoms with Gasteiger partial charge in [0, 0.05) is 133 Å². The molecule has 1 unspecified atom stereocenters. The first-order chi connectivity index (χ1) is 56.6. The standard InChI is InChI=1S/C14H26N2O.C13H26N2O.C13H22O.C12H24N2O.C12H20O.C11H19NO.C11H20O2.C11H18O.C10H18O2/c1-7-10-16(12-14(2,3)4)13(17)9-8-11-15(5)6;1-7-15(11-13(2,3)4)12(16)9-8-10-14(5)6;1-13(2,3)10-9-12(14)11-7-5-4-6-8-11;1-12(2,3)10-14(6)11(15)8-7-9-13(4)5;1-12(2,3)9-8-11(13)10-6-4-5-7-10;1-5-10(13)12-7-6-9(8-12)11(2,3)4;1-7-8-9(12)13-11(5,6)10(2,3)4;1-11(2,3)8-7-10(12)9-5-4-6-9;1-7-8(11)12-10(5,6)9(2,3)4/h7-9H,1,10-12H2,2-6H3;8-9H,7,10-11H2,1-6H3;7H,4-6,8-10H2,1-3H3;7-8H,9-10H2,1-6H3;6H,4-5,7-9H2,1-3H3;5,9H,1,6-8H2,2-4H3;7-8H,1-6H3;5H,4,6-8H2,1-3H3;7H,1H2,2-6H3/b2*9-8+;;8-7+;;;8-7+;;. The van der Waals surface area contributed by atoms with E-state index in [2.05, 4.69) is 204 Å². The summed E-state index contributed by atoms with van der Waals surface area (Å²) in [5.41, 5.74) is 3.83. The summed E-state index contributed by atoms with van der Waals surface area (Å²) < 4.78 is 10.5. The zero-order valence-corrected chi connectivity index (χ0v) is 88.3. The minimum Gasteiger partial charge on any atom is -0.456 e. The molecule has 4 aliphatic rings. The quantitative estimate of drug-likeness (QED) is 0.0390. The number of amides is 4. The molecule has 0 bridgehead atoms. The zero-order valence-electron chi connectivity index (χ0n) is 88.3. The Hall–Kier alpha value is -6.89. The lowest BCUT2D eigenvalue weighted by molar-refractivity contribution is -0.161. The lowest BCUT2D eigenvalue weighted by atomic mass is 9.79. The van der Waals surface area contributed by atoms with Crippen LogP contribution in [0.1, 0.15) is 331 Å². The van der Waals surface area contributed by atoms with Crippen LogP contribution in [0, 0.1) is 54.7 Å². The highest BCUT2D eigenvalue weighted by molar-refractivity contribution is 5.97. The van der Waals surface area contributed by atoms with E-state index in [4.69, 9.17) is 9.47 Å². The predicted octanol–water partition coefficient (Wildman–Crippen LogP) is 23.8. The third-order valence-corrected chi connectivity index (χ3v) is 21.2. The summed E-state index contributed by atoms with van der Waals surface area (Å²) in [6, 6.07) is 0. The number of esters is 2. The highest BCUT2D eigenvalue weighted by atomic mass is 16.6. The van der Waals surface area contributed by atoms with E-state index in [9.17, 15) is 43.2 Å². The zero-order chi connectivity index (χ0) is 98.7. The van der Waals surface area contributed by atoms with Crippen LogP contribution in [0.5, 0.6) is 0 Å². The summed E-state index contributed by atoms with van der Waals surface area (Å²) in [6.07, 6.45) is 40.8. The SMILES string of the molecule is C/C=C/C(=O)OC(C)(C)C(C)(C)C.C=CC(=O)N1CCC(C(C)(C)C)C1.C=CC(=O)OC(C)(C)C(C)(C)C.C=CCN(CC(C)(C)C)C(=O)/C=C/CN(C)C.CC(C)(C)CCC(=O)C1=CCC1.CC(C)(C)CCC(=O)C1=CCCC1.CC(C)(C)CCC(=O)C1=CCCCC1.CCN(CC(C)(C)C)C(=O)/C=C/CN(C)C.CN(C)C/C=C/C(=O)N(C)CC(C)(C)C. The van der Waals surface area contributed by atoms with Gasteiger partial charge in [-0.1, -0.05) is 249 Å². The van der Waals surface area contributed by atoms with Crippen molar-refractivity contribution in [1.82, 2.24) is 34.3 Å². The molecule has 4 amide bonds. The molecular weight excluding hydrogens is 1560 g/mol. The molecule has 1 heterocycles. The number of carbonyl (C=O) groups excluding carboxylic acids is 9. The van der Waals surface area contributed by atoms with Crippen molar-refractivity contribution >= 4 is 52.9 Å². The minimum atomic E-state index is -0.460. The van der Waals surface area contributed by atoms with Gasteiger partial charge >= 0.3 is 11.9 Å². The van der Waals surface area contributed by atoms with Crippen molar-refractivity contribution in [2.75, 3.05) is 115 Å². The van der Waals surface area contributed by atoms with Crippen LogP contribution in [0.3, 0.4) is 0 Å². The lowest BCUT2D eigenvalue weighted by Crippen LogP contribution is -2.40. The molecule has 0 aromatic carbocycles. The fourth-order valence-electron chi connectivity index (χ4n) is 11.4. The Bertz CT molecular complexity index is 3430. The van der Waals surface area contributed by atoms with Crippen LogP contribution in [-0.4, -0.2) is 213 Å². The van der Waals surface area contributed by atoms with Gasteiger partial charge in [0.25, 0.3) is 0 Å². The minimum absolute atomic E-state index is 0.0513. The average molecular weight is 1750 g/mol. The third-order valence-electron chi connectivity index (χ3n) is 21.2. The van der Waals surface area contributed by atoms with Gasteiger partial charge in [0.15, 0.2) is 17.3 Å². The lowest BCUT2D eigenvalue weighted by Gasteiger charge is -2.37. The van der Waals surface area contributed by atoms with Gasteiger partial charge in [-0.3, -0.25) is 33.6 Å². The van der Waals surface area contributed by atoms with Gasteiger partial charge in [0.1, 0.15) is 11.2 Å². The molecule has 0 saturated carbocycles. The van der Waals surface area contributed by atoms with Gasteiger partial charge in [-0.25, -0.2) is 9.59 Å². The Kier molecular flexibility index (Phi) is 61.6. The van der Waals surface area contributed by atoms with E-state index in [0.29, 0.717) is 40.6 Å². The Morgan fingerprint density at radius 3 is 1.05 bits per heavy atom. The van der Waals surface area contributed by atoms with E-state index in [1.165, 1.54) is 37.5 Å². The van der Waals surface area contributed by atoms with Crippen LogP contribution in [0.4, 0.5) is 0 Å². The normalized spacial score (nSPS) is 15.1. The van der Waals surface area contributed by atoms with Crippen LogP contribution in [0.2, 0.25) is 0 Å². The summed E-state index contributed by atoms with van der Waals surface area (Å²) in [4.78, 5) is 117. The third kappa shape index (κ3) is 70.7. The Morgan fingerprint density at radius 2 is 0.768 bits per heavy atom. The molecule has 3 aliphatic carbocycles. The van der Waals surface area contributed by atoms with Gasteiger partial charge < -0.3 is 43.8 Å². The maximum absolute atomic E-state index is 12.0. The molecule has 0 aromatic heterocycles. The first kappa shape index (κ1) is 127. The second-order valence-electron chi connectivity index (χ2n) is 46.0. The maximum Gasteiger partial charge on any atom is 0.330 e. The van der Waals surface area contributed by atoms with Crippen molar-refractivity contribution in [3.05, 3.63) is 122 Å². The first-order valence-corrected chi connectivity index (χ1v) is 46.2. The molecule has 18 heteroatoms. The van der Waals surface area contributed by atoms with Gasteiger partial charge in [-0.15, -0.1) is 6.58 Å². The Morgan fingerprint density at radius 1 is 0.416 bits per heavy atom. The number of likely N-dealkylation sites (N-methyl/N-ethyl adjacent to an activating group) is 5. The summed E-state index contributed by atoms with van der Waals surface area (Å²) in [5, 5.41) is 0. The Balaban J connectivity index is -0.000000433. The first-order valence-electron chi connectivity index (χ1n) is 46.2. The number of hydrogen-bond donors (Lipinski definition) is 0. The highest BCUT2D eigenvalue weighted by Gasteiger charge is 2.38. The molecule has 0 N–H and O–H groups in total. The number of hydrogen-bond acceptors (Lipinski definition) is 14. The van der Waals surface area contributed by atoms with Crippen molar-refractivity contribution in [3.8, 4) is 0 Å². The topological polar surface area (TPSA) is 195 Å². The molecule has 722 valence electrons. The molecule has 1 aliphatic heterocycles. The van der Waals surface area contributed by atoms with Crippen molar-refractivity contribution in [2.24, 2.45) is 54.7 Å². The largest absolute Gasteiger partial charge is 0.456 e. The molecule has 0 radical (unpaired) electrons. The maximum atomic E-state index is 12.0. The number of ketones is 3. The highest BCUT2D eigenvalue weighted by Crippen LogP contribution is 2.36. The fraction of sp³-hybridized carbons (Fsp3) is 0.729. The second-order valence-corrected chi connectivity index (χ2v) is 46.0. The van der Waals surface area contributed by atoms with Gasteiger partial charge in [0.2, 0.25) is 23.6 Å². The predicted molar refractivity (Wildman–Crippen MR) is 534 cm³/mol. The van der Waals surface area contributed by atoms with Crippen LogP contribution in [0.15, 0.2) is 122 Å². The van der Waals surface area contributed by atoms with Crippen LogP contribution in [0.25, 0.3) is 0 Å². The van der Waals surface area contributed by atoms with Gasteiger partial charge in [-0.2, -0.15) is 0 Å². The number of allylic oxidation sites excluding steroid dienone is 7. The van der Waals surface area contributed by atoms with E-state index in [-0.39, 0.29) is 73.5 Å². The van der Waals surface area contributed by atoms with E-state index < -0.39 is 11.2 Å². The van der Waals surface area contributed by atoms with Crippen LogP contribution >= 0.6 is 0 Å². The molecule has 18 nitrogen and oxygen atoms in total. The van der Waals surface area contributed by atoms with Crippen molar-refractivity contribution < 1.29 is 52.6 Å². The van der Waals surface area contributed by atoms with Crippen LogP contribution < -0.4 is 0 Å². The molecular formula is C107H193N7O11. The summed E-state index contributed by atoms with van der Waals surface area (Å²) in [6.45, 7) is 87.7. The Labute approximate surface area is 769 Å². The number of likely N-dealkylation sites (tertiary alicyclic amines) is 1. The smallest absolute Gasteiger partial charge is 0.330 e. The fourth-order valence-corrected chi connectivity index (χ4v) is 11.4. The van der Waals surface area contributed by atoms with Crippen LogP contribution in [-0.2, 0) is 52.6 Å². The van der Waals surface area contributed by atoms with Gasteiger partial charge in [0.05, 0.1) is 0 Å². The summed E-state index contributed by atoms with van der Waals surface area (Å²) in [5.74, 6) is 1.46. The molecule has 0 aromatic rings. The second kappa shape index (κ2) is 60.8. The number of carbonyl (C=O) groups is 9. The van der Waals surface area contributed by atoms with E-state index in [1.807, 2.05) is 152 Å². The van der Waals surface area contributed by atoms with Gasteiger partial charge in [-0.05, 0) is 234 Å². The van der Waals surface area contributed by atoms with E-state index in [1.54, 1.807) is 42.2 Å². The van der Waals surface area contributed by atoms with Crippen molar-refractivity contribution in [2.45, 2.75) is 342 Å². The molecule has 125 heavy (non-hydrogen) atoms. The summed E-state index contributed by atoms with van der Waals surface area (Å²) in [7, 11) is 13.7. The molecule has 1 atom stereocenters. The van der Waals surface area contributed by atoms with Crippen molar-refractivity contribution in [1.29, 1.82) is 0 Å². The van der Waals surface area contributed by atoms with E-state index in [0.717, 1.165) is 159 Å². The van der Waals surface area contributed by atoms with Crippen molar-refractivity contribution in [3.63, 3.8) is 0 Å². The number of Topliss-reactive ketones (excluding diaryl/α,β-unsaturated/α-hetero) is 3. The number of nitrogens with zero attached hydrogens (tertiary/aromatic N) is 7. The molecule has 1 fully saturated rings. The summed E-state index contributed by atoms with van der Waals surface area (Å²) >= 11 is 0. The molecule has 1 saturated heterocycles. The number of ether oxygens (including phenoxy) is 2. The van der Waals surface area contributed by atoms with E-state index >= 15 is 0 Å². The monoisotopic (exact) mass is 1750 g/mol. The number of rotatable bonds is 29. The molecule has 0 spiro atoms. The molecule has 4 rings (SSSR count).